The third-order valence-corrected chi connectivity index (χ3v) is 4.97. The minimum Gasteiger partial charge on any atom is -0.384 e. The molecule has 1 amide bonds. The predicted molar refractivity (Wildman–Crippen MR) is 106 cm³/mol. The summed E-state index contributed by atoms with van der Waals surface area (Å²) in [5.74, 6) is -0.243. The predicted octanol–water partition coefficient (Wildman–Crippen LogP) is 4.31. The largest absolute Gasteiger partial charge is 0.384 e. The molecule has 0 atom stereocenters. The lowest BCUT2D eigenvalue weighted by atomic mass is 9.95. The number of rotatable bonds is 7. The van der Waals surface area contributed by atoms with Crippen molar-refractivity contribution in [2.75, 3.05) is 11.9 Å². The van der Waals surface area contributed by atoms with Crippen molar-refractivity contribution in [3.05, 3.63) is 69.8 Å². The highest BCUT2D eigenvalue weighted by molar-refractivity contribution is 6.00. The molecule has 0 aliphatic heterocycles. The van der Waals surface area contributed by atoms with Crippen molar-refractivity contribution >= 4 is 17.3 Å². The van der Waals surface area contributed by atoms with E-state index in [9.17, 15) is 14.9 Å². The number of carbonyl (C=O) groups is 1. The highest BCUT2D eigenvalue weighted by Gasteiger charge is 2.21. The van der Waals surface area contributed by atoms with Crippen molar-refractivity contribution in [3.63, 3.8) is 0 Å². The third-order valence-electron chi connectivity index (χ3n) is 4.97. The van der Waals surface area contributed by atoms with Crippen molar-refractivity contribution in [3.8, 4) is 0 Å². The molecule has 0 radical (unpaired) electrons. The summed E-state index contributed by atoms with van der Waals surface area (Å²) in [5.41, 5.74) is 2.09. The van der Waals surface area contributed by atoms with E-state index in [2.05, 4.69) is 10.6 Å². The fourth-order valence-electron chi connectivity index (χ4n) is 3.48. The second-order valence-electron chi connectivity index (χ2n) is 6.96. The number of nitro groups is 1. The molecule has 1 aliphatic carbocycles. The Balaban J connectivity index is 1.71. The molecule has 6 heteroatoms. The lowest BCUT2D eigenvalue weighted by molar-refractivity contribution is -0.384. The van der Waals surface area contributed by atoms with Crippen molar-refractivity contribution in [2.24, 2.45) is 0 Å². The van der Waals surface area contributed by atoms with Crippen LogP contribution in [0.25, 0.3) is 0 Å². The average molecular weight is 367 g/mol. The Morgan fingerprint density at radius 2 is 1.81 bits per heavy atom. The lowest BCUT2D eigenvalue weighted by Crippen LogP contribution is -2.36. The van der Waals surface area contributed by atoms with Gasteiger partial charge in [0.1, 0.15) is 0 Å². The second-order valence-corrected chi connectivity index (χ2v) is 6.96. The molecule has 2 aromatic rings. The van der Waals surface area contributed by atoms with Crippen molar-refractivity contribution < 1.29 is 9.72 Å². The minimum atomic E-state index is -0.467. The molecule has 0 aromatic heterocycles. The van der Waals surface area contributed by atoms with Crippen molar-refractivity contribution in [2.45, 2.75) is 44.6 Å². The molecule has 0 bridgehead atoms. The lowest BCUT2D eigenvalue weighted by Gasteiger charge is -2.23. The Bertz CT molecular complexity index is 787. The number of carbonyl (C=O) groups excluding carboxylic acids is 1. The number of nitrogens with zero attached hydrogens (tertiary/aromatic N) is 1. The number of anilines is 1. The van der Waals surface area contributed by atoms with Gasteiger partial charge in [-0.05, 0) is 30.9 Å². The zero-order valence-electron chi connectivity index (χ0n) is 15.3. The molecule has 0 spiro atoms. The molecule has 142 valence electrons. The molecule has 0 heterocycles. The van der Waals surface area contributed by atoms with Gasteiger partial charge in [-0.3, -0.25) is 14.9 Å². The first-order chi connectivity index (χ1) is 13.1. The van der Waals surface area contributed by atoms with Crippen LogP contribution < -0.4 is 10.6 Å². The Morgan fingerprint density at radius 1 is 1.07 bits per heavy atom. The number of benzene rings is 2. The van der Waals surface area contributed by atoms with E-state index in [-0.39, 0.29) is 17.6 Å². The highest BCUT2D eigenvalue weighted by Crippen LogP contribution is 2.24. The third kappa shape index (κ3) is 5.29. The fourth-order valence-corrected chi connectivity index (χ4v) is 3.48. The zero-order chi connectivity index (χ0) is 19.1. The smallest absolute Gasteiger partial charge is 0.270 e. The van der Waals surface area contributed by atoms with E-state index in [1.54, 1.807) is 6.07 Å². The van der Waals surface area contributed by atoms with Crippen molar-refractivity contribution in [1.82, 2.24) is 5.32 Å². The maximum atomic E-state index is 12.8. The van der Waals surface area contributed by atoms with Gasteiger partial charge in [0.2, 0.25) is 0 Å². The molecule has 3 rings (SSSR count). The van der Waals surface area contributed by atoms with E-state index in [1.165, 1.54) is 24.1 Å². The Labute approximate surface area is 159 Å². The van der Waals surface area contributed by atoms with Gasteiger partial charge < -0.3 is 10.6 Å². The number of non-ortho nitro benzene ring substituents is 1. The van der Waals surface area contributed by atoms with Gasteiger partial charge >= 0.3 is 0 Å². The van der Waals surface area contributed by atoms with Crippen LogP contribution in [0.1, 0.15) is 48.0 Å². The minimum absolute atomic E-state index is 0.0718. The molecule has 0 saturated heterocycles. The normalized spacial score (nSPS) is 14.5. The number of nitro benzene ring substituents is 1. The van der Waals surface area contributed by atoms with E-state index in [1.807, 2.05) is 30.3 Å². The van der Waals surface area contributed by atoms with Gasteiger partial charge in [-0.1, -0.05) is 49.6 Å². The van der Waals surface area contributed by atoms with E-state index in [0.717, 1.165) is 32.1 Å². The summed E-state index contributed by atoms with van der Waals surface area (Å²) in [4.78, 5) is 23.4. The Hall–Kier alpha value is -2.89. The molecule has 2 N–H and O–H groups in total. The summed E-state index contributed by atoms with van der Waals surface area (Å²) in [6, 6.07) is 14.6. The van der Waals surface area contributed by atoms with Gasteiger partial charge in [-0.15, -0.1) is 0 Å². The van der Waals surface area contributed by atoms with Crippen LogP contribution in [0, 0.1) is 10.1 Å². The topological polar surface area (TPSA) is 84.3 Å². The quantitative estimate of drug-likeness (QED) is 0.564. The zero-order valence-corrected chi connectivity index (χ0v) is 15.3. The molecular formula is C21H25N3O3. The molecule has 1 aliphatic rings. The van der Waals surface area contributed by atoms with Crippen LogP contribution in [0.2, 0.25) is 0 Å². The summed E-state index contributed by atoms with van der Waals surface area (Å²) in [7, 11) is 0. The molecular weight excluding hydrogens is 342 g/mol. The molecule has 0 unspecified atom stereocenters. The van der Waals surface area contributed by atoms with Gasteiger partial charge in [0, 0.05) is 30.4 Å². The van der Waals surface area contributed by atoms with Crippen LogP contribution in [0.4, 0.5) is 11.4 Å². The van der Waals surface area contributed by atoms with Gasteiger partial charge in [0.05, 0.1) is 10.5 Å². The van der Waals surface area contributed by atoms with Gasteiger partial charge in [0.15, 0.2) is 0 Å². The van der Waals surface area contributed by atoms with Crippen LogP contribution in [0.3, 0.4) is 0 Å². The van der Waals surface area contributed by atoms with Crippen LogP contribution >= 0.6 is 0 Å². The summed E-state index contributed by atoms with van der Waals surface area (Å²) in [6.45, 7) is 0.644. The summed E-state index contributed by atoms with van der Waals surface area (Å²) in [5, 5.41) is 17.4. The van der Waals surface area contributed by atoms with E-state index in [4.69, 9.17) is 0 Å². The summed E-state index contributed by atoms with van der Waals surface area (Å²) >= 11 is 0. The second kappa shape index (κ2) is 9.16. The number of nitrogens with one attached hydrogen (secondary N) is 2. The number of hydrogen-bond donors (Lipinski definition) is 2. The monoisotopic (exact) mass is 367 g/mol. The van der Waals surface area contributed by atoms with E-state index < -0.39 is 4.92 Å². The first-order valence-electron chi connectivity index (χ1n) is 9.50. The van der Waals surface area contributed by atoms with Crippen molar-refractivity contribution in [1.29, 1.82) is 0 Å². The fraction of sp³-hybridized carbons (Fsp3) is 0.381. The molecule has 2 aromatic carbocycles. The van der Waals surface area contributed by atoms with Gasteiger partial charge in [-0.2, -0.15) is 0 Å². The Kier molecular flexibility index (Phi) is 6.41. The van der Waals surface area contributed by atoms with Crippen LogP contribution in [0.5, 0.6) is 0 Å². The number of amides is 1. The SMILES string of the molecule is O=C(NC1CCCCC1)c1cc([N+](=O)[O-])ccc1NCCc1ccccc1. The van der Waals surface area contributed by atoms with Crippen LogP contribution in [-0.2, 0) is 6.42 Å². The van der Waals surface area contributed by atoms with Gasteiger partial charge in [0.25, 0.3) is 11.6 Å². The standard InChI is InChI=1S/C21H25N3O3/c25-21(23-17-9-5-2-6-10-17)19-15-18(24(26)27)11-12-20(19)22-14-13-16-7-3-1-4-8-16/h1,3-4,7-8,11-12,15,17,22H,2,5-6,9-10,13-14H2,(H,23,25). The summed E-state index contributed by atoms with van der Waals surface area (Å²) < 4.78 is 0. The molecule has 1 fully saturated rings. The molecule has 27 heavy (non-hydrogen) atoms. The maximum Gasteiger partial charge on any atom is 0.270 e. The first kappa shape index (κ1) is 18.9. The van der Waals surface area contributed by atoms with E-state index >= 15 is 0 Å². The van der Waals surface area contributed by atoms with Gasteiger partial charge in [-0.25, -0.2) is 0 Å². The Morgan fingerprint density at radius 3 is 2.52 bits per heavy atom. The summed E-state index contributed by atoms with van der Waals surface area (Å²) in [6.07, 6.45) is 6.18. The molecule has 6 nitrogen and oxygen atoms in total. The average Bonchev–Trinajstić information content (AvgIpc) is 2.69. The molecule has 1 saturated carbocycles. The van der Waals surface area contributed by atoms with E-state index in [0.29, 0.717) is 17.8 Å². The highest BCUT2D eigenvalue weighted by atomic mass is 16.6. The van der Waals surface area contributed by atoms with Crippen LogP contribution in [0.15, 0.2) is 48.5 Å². The number of hydrogen-bond acceptors (Lipinski definition) is 4. The maximum absolute atomic E-state index is 12.8. The first-order valence-corrected chi connectivity index (χ1v) is 9.50. The van der Waals surface area contributed by atoms with Crippen LogP contribution in [-0.4, -0.2) is 23.4 Å².